The van der Waals surface area contributed by atoms with Crippen molar-refractivity contribution in [2.24, 2.45) is 0 Å². The zero-order valence-corrected chi connectivity index (χ0v) is 12.1. The van der Waals surface area contributed by atoms with Gasteiger partial charge in [-0.05, 0) is 6.07 Å². The first-order valence-electron chi connectivity index (χ1n) is 5.99. The van der Waals surface area contributed by atoms with E-state index in [9.17, 15) is 26.7 Å². The van der Waals surface area contributed by atoms with Crippen LogP contribution in [0.15, 0.2) is 24.5 Å². The van der Waals surface area contributed by atoms with Crippen LogP contribution in [0.4, 0.5) is 13.2 Å². The van der Waals surface area contributed by atoms with Crippen LogP contribution < -0.4 is 0 Å². The van der Waals surface area contributed by atoms with Gasteiger partial charge in [0.25, 0.3) is 0 Å². The molecule has 2 aromatic rings. The van der Waals surface area contributed by atoms with E-state index in [1.54, 1.807) is 0 Å². The maximum absolute atomic E-state index is 14.4. The molecule has 6 nitrogen and oxygen atoms in total. The number of aromatic amines is 1. The Hall–Kier alpha value is -1.94. The number of aromatic nitrogens is 3. The molecule has 0 bridgehead atoms. The van der Waals surface area contributed by atoms with Crippen LogP contribution in [0.2, 0.25) is 0 Å². The molecule has 0 aliphatic rings. The molecule has 2 unspecified atom stereocenters. The van der Waals surface area contributed by atoms with Crippen molar-refractivity contribution in [3.63, 3.8) is 0 Å². The largest absolute Gasteiger partial charge is 0.380 e. The van der Waals surface area contributed by atoms with Gasteiger partial charge in [-0.15, -0.1) is 0 Å². The first-order chi connectivity index (χ1) is 10.1. The summed E-state index contributed by atoms with van der Waals surface area (Å²) in [7, 11) is -4.38. The quantitative estimate of drug-likeness (QED) is 0.845. The Kier molecular flexibility index (Phi) is 4.25. The van der Waals surface area contributed by atoms with Crippen LogP contribution >= 0.6 is 0 Å². The summed E-state index contributed by atoms with van der Waals surface area (Å²) in [5, 5.41) is 16.3. The Balaban J connectivity index is 2.58. The Morgan fingerprint density at radius 2 is 2.09 bits per heavy atom. The minimum Gasteiger partial charge on any atom is -0.380 e. The number of hydrogen-bond acceptors (Lipinski definition) is 5. The van der Waals surface area contributed by atoms with Gasteiger partial charge in [0.2, 0.25) is 5.50 Å². The molecular formula is C12H12F3N3O3S. The van der Waals surface area contributed by atoms with E-state index < -0.39 is 44.6 Å². The molecule has 10 heteroatoms. The van der Waals surface area contributed by atoms with E-state index in [1.807, 2.05) is 0 Å². The number of alkyl halides is 1. The van der Waals surface area contributed by atoms with Crippen molar-refractivity contribution in [3.8, 4) is 0 Å². The van der Waals surface area contributed by atoms with Crippen molar-refractivity contribution in [1.29, 1.82) is 0 Å². The zero-order chi connectivity index (χ0) is 16.5. The van der Waals surface area contributed by atoms with E-state index in [0.717, 1.165) is 18.5 Å². The van der Waals surface area contributed by atoms with E-state index in [4.69, 9.17) is 0 Å². The number of rotatable bonds is 5. The van der Waals surface area contributed by atoms with Crippen molar-refractivity contribution >= 4 is 9.84 Å². The molecule has 2 atom stereocenters. The number of H-pyrrole nitrogens is 1. The predicted octanol–water partition coefficient (Wildman–Crippen LogP) is 0.853. The Labute approximate surface area is 123 Å². The van der Waals surface area contributed by atoms with Crippen LogP contribution in [-0.2, 0) is 21.9 Å². The zero-order valence-electron chi connectivity index (χ0n) is 11.3. The molecule has 0 saturated carbocycles. The summed E-state index contributed by atoms with van der Waals surface area (Å²) in [6.07, 6.45) is 0.929. The summed E-state index contributed by atoms with van der Waals surface area (Å²) >= 11 is 0. The Bertz CT molecular complexity index is 767. The molecule has 120 valence electrons. The molecule has 0 aliphatic carbocycles. The van der Waals surface area contributed by atoms with Gasteiger partial charge in [-0.1, -0.05) is 6.07 Å². The van der Waals surface area contributed by atoms with E-state index >= 15 is 0 Å². The van der Waals surface area contributed by atoms with E-state index in [1.165, 1.54) is 0 Å². The lowest BCUT2D eigenvalue weighted by Crippen LogP contribution is -2.44. The third-order valence-electron chi connectivity index (χ3n) is 3.05. The van der Waals surface area contributed by atoms with Crippen molar-refractivity contribution in [1.82, 2.24) is 15.2 Å². The molecule has 2 N–H and O–H groups in total. The summed E-state index contributed by atoms with van der Waals surface area (Å²) in [6, 6.07) is 2.01. The second-order valence-corrected chi connectivity index (χ2v) is 6.88. The van der Waals surface area contributed by atoms with Crippen LogP contribution in [0, 0.1) is 11.6 Å². The lowest BCUT2D eigenvalue weighted by Gasteiger charge is -2.30. The molecule has 0 fully saturated rings. The molecule has 0 saturated heterocycles. The number of benzene rings is 1. The van der Waals surface area contributed by atoms with Crippen molar-refractivity contribution < 1.29 is 26.7 Å². The van der Waals surface area contributed by atoms with Crippen molar-refractivity contribution in [2.75, 3.05) is 6.26 Å². The summed E-state index contributed by atoms with van der Waals surface area (Å²) in [5.41, 5.74) is -6.32. The average Bonchev–Trinajstić information content (AvgIpc) is 2.89. The highest BCUT2D eigenvalue weighted by Gasteiger charge is 2.47. The first-order valence-corrected chi connectivity index (χ1v) is 7.95. The number of nitrogens with one attached hydrogen (secondary N) is 1. The van der Waals surface area contributed by atoms with Crippen LogP contribution in [-0.4, -0.2) is 40.5 Å². The second kappa shape index (κ2) is 5.69. The highest BCUT2D eigenvalue weighted by atomic mass is 32.2. The number of halogens is 3. The van der Waals surface area contributed by atoms with Crippen molar-refractivity contribution in [3.05, 3.63) is 47.5 Å². The van der Waals surface area contributed by atoms with Crippen LogP contribution in [0.25, 0.3) is 0 Å². The molecule has 2 rings (SSSR count). The number of nitrogens with zero attached hydrogens (tertiary/aromatic N) is 2. The fourth-order valence-corrected chi connectivity index (χ4v) is 2.98. The highest BCUT2D eigenvalue weighted by molar-refractivity contribution is 7.91. The average molecular weight is 335 g/mol. The maximum Gasteiger partial charge on any atom is 0.233 e. The minimum atomic E-state index is -4.38. The van der Waals surface area contributed by atoms with E-state index in [-0.39, 0.29) is 5.82 Å². The monoisotopic (exact) mass is 335 g/mol. The molecule has 1 aromatic heterocycles. The number of aliphatic hydroxyl groups is 1. The van der Waals surface area contributed by atoms with Gasteiger partial charge in [-0.25, -0.2) is 26.6 Å². The molecule has 0 spiro atoms. The summed E-state index contributed by atoms with van der Waals surface area (Å²) < 4.78 is 64.2. The fourth-order valence-electron chi connectivity index (χ4n) is 2.06. The van der Waals surface area contributed by atoms with Gasteiger partial charge in [0.1, 0.15) is 29.4 Å². The lowest BCUT2D eigenvalue weighted by molar-refractivity contribution is -0.0120. The smallest absolute Gasteiger partial charge is 0.233 e. The first kappa shape index (κ1) is 16.4. The van der Waals surface area contributed by atoms with Crippen LogP contribution in [0.1, 0.15) is 11.4 Å². The standard InChI is InChI=1S/C12H12F3N3O3S/c1-22(20,21)11(15)12(19,5-10-16-6-17-18-10)8-3-2-7(13)4-9(8)14/h2-4,6,11,19H,5H2,1H3,(H,16,17,18). The number of sulfone groups is 1. The minimum absolute atomic E-state index is 0.0578. The lowest BCUT2D eigenvalue weighted by atomic mass is 9.90. The summed E-state index contributed by atoms with van der Waals surface area (Å²) in [5.74, 6) is -2.27. The maximum atomic E-state index is 14.4. The SMILES string of the molecule is CS(=O)(=O)C(F)C(O)(Cc1ncn[nH]1)c1ccc(F)cc1F. The van der Waals surface area contributed by atoms with Gasteiger partial charge < -0.3 is 5.11 Å². The van der Waals surface area contributed by atoms with Gasteiger partial charge in [0, 0.05) is 24.3 Å². The topological polar surface area (TPSA) is 95.9 Å². The molecule has 0 aliphatic heterocycles. The van der Waals surface area contributed by atoms with E-state index in [2.05, 4.69) is 15.2 Å². The third kappa shape index (κ3) is 3.12. The molecule has 22 heavy (non-hydrogen) atoms. The van der Waals surface area contributed by atoms with Gasteiger partial charge in [0.15, 0.2) is 9.84 Å². The Morgan fingerprint density at radius 3 is 2.59 bits per heavy atom. The van der Waals surface area contributed by atoms with Gasteiger partial charge >= 0.3 is 0 Å². The van der Waals surface area contributed by atoms with Crippen LogP contribution in [0.3, 0.4) is 0 Å². The van der Waals surface area contributed by atoms with E-state index in [0.29, 0.717) is 12.3 Å². The van der Waals surface area contributed by atoms with Gasteiger partial charge in [0.05, 0.1) is 0 Å². The molecular weight excluding hydrogens is 323 g/mol. The molecule has 1 aromatic carbocycles. The predicted molar refractivity (Wildman–Crippen MR) is 70.1 cm³/mol. The van der Waals surface area contributed by atoms with Crippen molar-refractivity contribution in [2.45, 2.75) is 17.5 Å². The molecule has 0 radical (unpaired) electrons. The summed E-state index contributed by atoms with van der Waals surface area (Å²) in [6.45, 7) is 0. The molecule has 1 heterocycles. The normalized spacial score (nSPS) is 16.2. The van der Waals surface area contributed by atoms with Gasteiger partial charge in [-0.3, -0.25) is 5.10 Å². The number of hydrogen-bond donors (Lipinski definition) is 2. The van der Waals surface area contributed by atoms with Gasteiger partial charge in [-0.2, -0.15) is 5.10 Å². The molecule has 0 amide bonds. The summed E-state index contributed by atoms with van der Waals surface area (Å²) in [4.78, 5) is 3.65. The second-order valence-electron chi connectivity index (χ2n) is 4.80. The highest BCUT2D eigenvalue weighted by Crippen LogP contribution is 2.35. The Morgan fingerprint density at radius 1 is 1.41 bits per heavy atom. The fraction of sp³-hybridized carbons (Fsp3) is 0.333. The third-order valence-corrected chi connectivity index (χ3v) is 4.19. The van der Waals surface area contributed by atoms with Crippen LogP contribution in [0.5, 0.6) is 0 Å².